The number of carbonyl (C=O) groups excluding carboxylic acids is 1. The van der Waals surface area contributed by atoms with Gasteiger partial charge in [-0.2, -0.15) is 0 Å². The Morgan fingerprint density at radius 3 is 2.31 bits per heavy atom. The maximum absolute atomic E-state index is 12.1. The van der Waals surface area contributed by atoms with E-state index in [1.165, 1.54) is 51.2 Å². The molecule has 4 bridgehead atoms. The van der Waals surface area contributed by atoms with Crippen LogP contribution in [0.2, 0.25) is 5.02 Å². The molecule has 4 aliphatic carbocycles. The van der Waals surface area contributed by atoms with E-state index in [-0.39, 0.29) is 0 Å². The van der Waals surface area contributed by atoms with Crippen LogP contribution in [-0.4, -0.2) is 25.1 Å². The van der Waals surface area contributed by atoms with E-state index in [0.717, 1.165) is 39.8 Å². The Balaban J connectivity index is 1.19. The third-order valence-electron chi connectivity index (χ3n) is 8.66. The van der Waals surface area contributed by atoms with Gasteiger partial charge < -0.3 is 15.0 Å². The topological polar surface area (TPSA) is 54.5 Å². The second-order valence-corrected chi connectivity index (χ2v) is 11.4. The average Bonchev–Trinajstić information content (AvgIpc) is 2.88. The summed E-state index contributed by atoms with van der Waals surface area (Å²) in [5.74, 6) is 2.89. The van der Waals surface area contributed by atoms with Gasteiger partial charge in [0.2, 0.25) is 0 Å². The summed E-state index contributed by atoms with van der Waals surface area (Å²) in [6.45, 7) is 0. The van der Waals surface area contributed by atoms with Crippen molar-refractivity contribution in [1.82, 2.24) is 4.98 Å². The zero-order valence-electron chi connectivity index (χ0n) is 20.8. The number of benzene rings is 2. The van der Waals surface area contributed by atoms with Crippen LogP contribution in [0.3, 0.4) is 0 Å². The van der Waals surface area contributed by atoms with Crippen molar-refractivity contribution in [1.29, 1.82) is 0 Å². The van der Waals surface area contributed by atoms with Crippen molar-refractivity contribution in [3.8, 4) is 0 Å². The van der Waals surface area contributed by atoms with Gasteiger partial charge in [-0.1, -0.05) is 17.7 Å². The summed E-state index contributed by atoms with van der Waals surface area (Å²) in [7, 11) is 3.26. The predicted molar refractivity (Wildman–Crippen MR) is 145 cm³/mol. The normalized spacial score (nSPS) is 26.0. The van der Waals surface area contributed by atoms with Crippen LogP contribution in [0.25, 0.3) is 0 Å². The van der Waals surface area contributed by atoms with Crippen molar-refractivity contribution in [3.63, 3.8) is 0 Å². The Hall–Kier alpha value is -3.05. The first-order valence-electron chi connectivity index (χ1n) is 12.9. The van der Waals surface area contributed by atoms with E-state index in [1.54, 1.807) is 18.3 Å². The fourth-order valence-corrected chi connectivity index (χ4v) is 7.62. The zero-order valence-corrected chi connectivity index (χ0v) is 21.6. The van der Waals surface area contributed by atoms with Crippen LogP contribution in [-0.2, 0) is 10.2 Å². The minimum absolute atomic E-state index is 0.345. The lowest BCUT2D eigenvalue weighted by molar-refractivity contribution is -0.00517. The van der Waals surface area contributed by atoms with E-state index in [1.807, 2.05) is 36.2 Å². The van der Waals surface area contributed by atoms with Crippen molar-refractivity contribution in [3.05, 3.63) is 76.9 Å². The molecule has 4 fully saturated rings. The molecule has 0 saturated heterocycles. The number of methoxy groups -OCH3 is 1. The monoisotopic (exact) mass is 501 g/mol. The Labute approximate surface area is 217 Å². The van der Waals surface area contributed by atoms with Gasteiger partial charge in [0.25, 0.3) is 0 Å². The van der Waals surface area contributed by atoms with Crippen LogP contribution in [0.4, 0.5) is 22.9 Å². The van der Waals surface area contributed by atoms with Crippen molar-refractivity contribution < 1.29 is 9.53 Å². The Morgan fingerprint density at radius 1 is 1.03 bits per heavy atom. The number of hydrogen-bond donors (Lipinski definition) is 1. The molecular weight excluding hydrogens is 470 g/mol. The standard InChI is InChI=1S/C30H32ClN3O2/c1-34(28-25(29(35)36-2)4-3-11-32-28)24-8-6-23(7-9-24)33-27-10-5-22(15-26(27)31)30-16-19-12-20(17-30)14-21(13-19)18-30/h3-11,15,19-21,33H,12-14,16-18H2,1-2H3. The number of hydrogen-bond acceptors (Lipinski definition) is 5. The van der Waals surface area contributed by atoms with Gasteiger partial charge in [-0.05, 0) is 116 Å². The van der Waals surface area contributed by atoms with Crippen molar-refractivity contribution in [2.75, 3.05) is 24.4 Å². The van der Waals surface area contributed by atoms with Gasteiger partial charge in [0.15, 0.2) is 0 Å². The van der Waals surface area contributed by atoms with E-state index in [4.69, 9.17) is 16.3 Å². The van der Waals surface area contributed by atoms with Crippen LogP contribution in [0, 0.1) is 17.8 Å². The van der Waals surface area contributed by atoms with Crippen LogP contribution in [0.15, 0.2) is 60.8 Å². The molecule has 0 spiro atoms. The summed E-state index contributed by atoms with van der Waals surface area (Å²) in [5.41, 5.74) is 4.99. The van der Waals surface area contributed by atoms with Crippen LogP contribution in [0.5, 0.6) is 0 Å². The van der Waals surface area contributed by atoms with E-state index in [0.29, 0.717) is 16.8 Å². The minimum Gasteiger partial charge on any atom is -0.465 e. The first kappa shape index (κ1) is 23.4. The highest BCUT2D eigenvalue weighted by Gasteiger charge is 2.51. The molecule has 0 atom stereocenters. The summed E-state index contributed by atoms with van der Waals surface area (Å²) in [4.78, 5) is 18.4. The number of rotatable bonds is 6. The molecule has 36 heavy (non-hydrogen) atoms. The SMILES string of the molecule is COC(=O)c1cccnc1N(C)c1ccc(Nc2ccc(C34CC5CC(CC(C5)C3)C4)cc2Cl)cc1. The number of nitrogens with zero attached hydrogens (tertiary/aromatic N) is 2. The molecule has 4 aliphatic rings. The number of nitrogens with one attached hydrogen (secondary N) is 1. The fourth-order valence-electron chi connectivity index (χ4n) is 7.39. The predicted octanol–water partition coefficient (Wildman–Crippen LogP) is 7.50. The average molecular weight is 502 g/mol. The van der Waals surface area contributed by atoms with Gasteiger partial charge in [-0.25, -0.2) is 9.78 Å². The highest BCUT2D eigenvalue weighted by Crippen LogP contribution is 2.61. The van der Waals surface area contributed by atoms with Crippen LogP contribution in [0.1, 0.15) is 54.4 Å². The number of esters is 1. The third kappa shape index (κ3) is 4.13. The second kappa shape index (κ2) is 9.11. The summed E-state index contributed by atoms with van der Waals surface area (Å²) < 4.78 is 4.91. The molecule has 0 unspecified atom stereocenters. The molecule has 0 radical (unpaired) electrons. The third-order valence-corrected chi connectivity index (χ3v) is 8.98. The quantitative estimate of drug-likeness (QED) is 0.354. The van der Waals surface area contributed by atoms with Gasteiger partial charge in [-0.15, -0.1) is 0 Å². The molecule has 7 rings (SSSR count). The zero-order chi connectivity index (χ0) is 24.9. The molecule has 3 aromatic rings. The molecule has 0 amide bonds. The number of aromatic nitrogens is 1. The van der Waals surface area contributed by atoms with Gasteiger partial charge in [-0.3, -0.25) is 0 Å². The second-order valence-electron chi connectivity index (χ2n) is 11.0. The van der Waals surface area contributed by atoms with E-state index in [9.17, 15) is 4.79 Å². The number of halogens is 1. The molecule has 186 valence electrons. The van der Waals surface area contributed by atoms with E-state index < -0.39 is 5.97 Å². The maximum Gasteiger partial charge on any atom is 0.341 e. The lowest BCUT2D eigenvalue weighted by Crippen LogP contribution is -2.48. The van der Waals surface area contributed by atoms with E-state index >= 15 is 0 Å². The summed E-state index contributed by atoms with van der Waals surface area (Å²) in [6.07, 6.45) is 10.0. The first-order chi connectivity index (χ1) is 17.4. The Bertz CT molecular complexity index is 1250. The Kier molecular flexibility index (Phi) is 5.91. The number of carbonyl (C=O) groups is 1. The van der Waals surface area contributed by atoms with Gasteiger partial charge in [0.05, 0.1) is 17.8 Å². The number of anilines is 4. The number of ether oxygens (including phenoxy) is 1. The minimum atomic E-state index is -0.408. The van der Waals surface area contributed by atoms with Crippen molar-refractivity contribution in [2.45, 2.75) is 43.9 Å². The molecule has 0 aliphatic heterocycles. The van der Waals surface area contributed by atoms with Gasteiger partial charge in [0, 0.05) is 24.6 Å². The molecule has 6 heteroatoms. The molecule has 1 heterocycles. The van der Waals surface area contributed by atoms with Gasteiger partial charge in [0.1, 0.15) is 11.4 Å². The molecule has 1 aromatic heterocycles. The molecule has 5 nitrogen and oxygen atoms in total. The number of pyridine rings is 1. The van der Waals surface area contributed by atoms with Crippen molar-refractivity contribution in [2.24, 2.45) is 17.8 Å². The first-order valence-corrected chi connectivity index (χ1v) is 13.3. The fraction of sp³-hybridized carbons (Fsp3) is 0.400. The van der Waals surface area contributed by atoms with Crippen LogP contribution >= 0.6 is 11.6 Å². The Morgan fingerprint density at radius 2 is 1.69 bits per heavy atom. The lowest BCUT2D eigenvalue weighted by atomic mass is 9.48. The highest BCUT2D eigenvalue weighted by molar-refractivity contribution is 6.33. The largest absolute Gasteiger partial charge is 0.465 e. The van der Waals surface area contributed by atoms with Gasteiger partial charge >= 0.3 is 5.97 Å². The summed E-state index contributed by atoms with van der Waals surface area (Å²) in [5, 5.41) is 4.26. The van der Waals surface area contributed by atoms with Crippen molar-refractivity contribution >= 4 is 40.5 Å². The summed E-state index contributed by atoms with van der Waals surface area (Å²) in [6, 6.07) is 18.1. The van der Waals surface area contributed by atoms with E-state index in [2.05, 4.69) is 28.5 Å². The molecule has 1 N–H and O–H groups in total. The molecule has 4 saturated carbocycles. The van der Waals surface area contributed by atoms with Crippen LogP contribution < -0.4 is 10.2 Å². The highest BCUT2D eigenvalue weighted by atomic mass is 35.5. The molecular formula is C30H32ClN3O2. The summed E-state index contributed by atoms with van der Waals surface area (Å²) >= 11 is 6.82. The molecule has 2 aromatic carbocycles. The maximum atomic E-state index is 12.1. The smallest absolute Gasteiger partial charge is 0.341 e. The lowest BCUT2D eigenvalue weighted by Gasteiger charge is -2.57.